The van der Waals surface area contributed by atoms with Crippen LogP contribution in [0.15, 0.2) is 48.8 Å². The van der Waals surface area contributed by atoms with Crippen LogP contribution in [0.2, 0.25) is 5.02 Å². The number of Topliss-reactive ketones (excluding diaryl/α,β-unsaturated/α-hetero) is 1. The van der Waals surface area contributed by atoms with Crippen molar-refractivity contribution in [2.45, 2.75) is 19.6 Å². The predicted molar refractivity (Wildman–Crippen MR) is 93.7 cm³/mol. The molecule has 1 aromatic heterocycles. The van der Waals surface area contributed by atoms with Gasteiger partial charge in [-0.2, -0.15) is 4.57 Å². The molecule has 4 nitrogen and oxygen atoms in total. The Morgan fingerprint density at radius 1 is 1.35 bits per heavy atom. The lowest BCUT2D eigenvalue weighted by molar-refractivity contribution is -0.692. The fraction of sp³-hybridized carbons (Fsp3) is 0.235. The Kier molecular flexibility index (Phi) is 6.21. The highest BCUT2D eigenvalue weighted by Crippen LogP contribution is 2.15. The topological polar surface area (TPSA) is 53.2 Å². The summed E-state index contributed by atoms with van der Waals surface area (Å²) in [6.07, 6.45) is 3.49. The van der Waals surface area contributed by atoms with Crippen molar-refractivity contribution in [1.82, 2.24) is 5.32 Å². The molecule has 0 spiro atoms. The first-order valence-electron chi connectivity index (χ1n) is 7.25. The van der Waals surface area contributed by atoms with E-state index < -0.39 is 6.04 Å². The van der Waals surface area contributed by atoms with Gasteiger partial charge in [0.15, 0.2) is 17.4 Å². The first-order valence-corrected chi connectivity index (χ1v) is 8.03. The standard InChI is InChI=1S/C17H17ClN2O2S/c1-2-19-17(23)15(20-9-3-4-12(10-20)11-21)16(22)13-5-7-14(18)8-6-13/h3-10,15,21H,2,11H2,1H3/p+1. The minimum atomic E-state index is -0.669. The zero-order valence-corrected chi connectivity index (χ0v) is 14.3. The molecule has 1 unspecified atom stereocenters. The highest BCUT2D eigenvalue weighted by atomic mass is 35.5. The summed E-state index contributed by atoms with van der Waals surface area (Å²) in [4.78, 5) is 13.4. The van der Waals surface area contributed by atoms with Crippen molar-refractivity contribution in [2.24, 2.45) is 0 Å². The molecule has 0 saturated carbocycles. The van der Waals surface area contributed by atoms with Crippen LogP contribution in [0.3, 0.4) is 0 Å². The number of nitrogens with zero attached hydrogens (tertiary/aromatic N) is 1. The monoisotopic (exact) mass is 349 g/mol. The molecular weight excluding hydrogens is 332 g/mol. The molecule has 1 atom stereocenters. The lowest BCUT2D eigenvalue weighted by atomic mass is 10.0. The van der Waals surface area contributed by atoms with Gasteiger partial charge in [-0.1, -0.05) is 23.8 Å². The Balaban J connectivity index is 2.42. The molecule has 0 aliphatic rings. The van der Waals surface area contributed by atoms with E-state index in [0.29, 0.717) is 27.7 Å². The van der Waals surface area contributed by atoms with E-state index in [-0.39, 0.29) is 12.4 Å². The van der Waals surface area contributed by atoms with Crippen molar-refractivity contribution in [2.75, 3.05) is 6.54 Å². The number of pyridine rings is 1. The number of rotatable bonds is 6. The van der Waals surface area contributed by atoms with E-state index in [1.807, 2.05) is 6.92 Å². The SMILES string of the molecule is CCNC(=S)C(C(=O)c1ccc(Cl)cc1)[n+]1cccc(CO)c1. The molecule has 2 N–H and O–H groups in total. The minimum absolute atomic E-state index is 0.101. The zero-order chi connectivity index (χ0) is 16.8. The van der Waals surface area contributed by atoms with Crippen LogP contribution in [0.4, 0.5) is 0 Å². The smallest absolute Gasteiger partial charge is 0.270 e. The molecule has 0 bridgehead atoms. The first-order chi connectivity index (χ1) is 11.1. The molecule has 0 radical (unpaired) electrons. The number of hydrogen-bond donors (Lipinski definition) is 2. The Morgan fingerprint density at radius 2 is 2.04 bits per heavy atom. The Morgan fingerprint density at radius 3 is 2.65 bits per heavy atom. The van der Waals surface area contributed by atoms with Crippen LogP contribution in [-0.2, 0) is 6.61 Å². The molecule has 0 amide bonds. The van der Waals surface area contributed by atoms with Gasteiger partial charge >= 0.3 is 0 Å². The molecule has 1 heterocycles. The number of aliphatic hydroxyl groups is 1. The van der Waals surface area contributed by atoms with Gasteiger partial charge in [0.05, 0.1) is 6.61 Å². The number of thiocarbonyl (C=S) groups is 1. The molecule has 0 aliphatic heterocycles. The van der Waals surface area contributed by atoms with Crippen LogP contribution in [0, 0.1) is 0 Å². The van der Waals surface area contributed by atoms with Crippen molar-refractivity contribution >= 4 is 34.6 Å². The predicted octanol–water partition coefficient (Wildman–Crippen LogP) is 2.48. The summed E-state index contributed by atoms with van der Waals surface area (Å²) in [7, 11) is 0. The molecule has 2 aromatic rings. The van der Waals surface area contributed by atoms with E-state index in [1.54, 1.807) is 53.4 Å². The molecule has 0 fully saturated rings. The zero-order valence-electron chi connectivity index (χ0n) is 12.7. The fourth-order valence-electron chi connectivity index (χ4n) is 2.23. The van der Waals surface area contributed by atoms with Crippen molar-refractivity contribution in [3.05, 3.63) is 64.9 Å². The van der Waals surface area contributed by atoms with Crippen molar-refractivity contribution in [3.63, 3.8) is 0 Å². The molecule has 6 heteroatoms. The maximum atomic E-state index is 12.9. The molecule has 120 valence electrons. The van der Waals surface area contributed by atoms with Gasteiger partial charge in [-0.25, -0.2) is 0 Å². The number of aliphatic hydroxyl groups excluding tert-OH is 1. The normalized spacial score (nSPS) is 11.8. The van der Waals surface area contributed by atoms with Crippen LogP contribution >= 0.6 is 23.8 Å². The van der Waals surface area contributed by atoms with E-state index in [1.165, 1.54) is 0 Å². The third kappa shape index (κ3) is 4.34. The number of ketones is 1. The summed E-state index contributed by atoms with van der Waals surface area (Å²) in [5.74, 6) is -0.132. The third-order valence-electron chi connectivity index (χ3n) is 3.34. The van der Waals surface area contributed by atoms with E-state index >= 15 is 0 Å². The second-order valence-corrected chi connectivity index (χ2v) is 5.86. The van der Waals surface area contributed by atoms with E-state index in [2.05, 4.69) is 5.32 Å². The van der Waals surface area contributed by atoms with Gasteiger partial charge in [-0.3, -0.25) is 4.79 Å². The molecule has 0 aliphatic carbocycles. The van der Waals surface area contributed by atoms with E-state index in [4.69, 9.17) is 23.8 Å². The quantitative estimate of drug-likeness (QED) is 0.478. The van der Waals surface area contributed by atoms with Crippen molar-refractivity contribution < 1.29 is 14.5 Å². The van der Waals surface area contributed by atoms with Gasteiger partial charge < -0.3 is 10.4 Å². The fourth-order valence-corrected chi connectivity index (χ4v) is 2.73. The summed E-state index contributed by atoms with van der Waals surface area (Å²) in [5, 5.41) is 12.9. The molecule has 1 aromatic carbocycles. The summed E-state index contributed by atoms with van der Waals surface area (Å²) < 4.78 is 1.72. The number of carbonyl (C=O) groups excluding carboxylic acids is 1. The van der Waals surface area contributed by atoms with Crippen LogP contribution in [0.25, 0.3) is 0 Å². The first kappa shape index (κ1) is 17.5. The van der Waals surface area contributed by atoms with Crippen molar-refractivity contribution in [1.29, 1.82) is 0 Å². The molecule has 0 saturated heterocycles. The third-order valence-corrected chi connectivity index (χ3v) is 3.96. The second-order valence-electron chi connectivity index (χ2n) is 4.99. The van der Waals surface area contributed by atoms with Gasteiger partial charge in [0.2, 0.25) is 5.78 Å². The summed E-state index contributed by atoms with van der Waals surface area (Å²) in [6, 6.07) is 9.62. The average Bonchev–Trinajstić information content (AvgIpc) is 2.56. The maximum absolute atomic E-state index is 12.9. The number of carbonyl (C=O) groups is 1. The Labute approximate surface area is 145 Å². The number of aromatic nitrogens is 1. The second kappa shape index (κ2) is 8.15. The van der Waals surface area contributed by atoms with Crippen LogP contribution < -0.4 is 9.88 Å². The van der Waals surface area contributed by atoms with Crippen LogP contribution in [-0.4, -0.2) is 22.4 Å². The van der Waals surface area contributed by atoms with Gasteiger partial charge in [0, 0.05) is 28.8 Å². The number of hydrogen-bond acceptors (Lipinski definition) is 3. The molecular formula is C17H18ClN2O2S+. The summed E-state index contributed by atoms with van der Waals surface area (Å²) in [6.45, 7) is 2.45. The number of benzene rings is 1. The van der Waals surface area contributed by atoms with Crippen LogP contribution in [0.5, 0.6) is 0 Å². The van der Waals surface area contributed by atoms with Gasteiger partial charge in [-0.15, -0.1) is 0 Å². The van der Waals surface area contributed by atoms with Crippen molar-refractivity contribution in [3.8, 4) is 0 Å². The molecule has 2 rings (SSSR count). The van der Waals surface area contributed by atoms with Crippen LogP contribution in [0.1, 0.15) is 28.9 Å². The maximum Gasteiger partial charge on any atom is 0.270 e. The highest BCUT2D eigenvalue weighted by Gasteiger charge is 2.33. The van der Waals surface area contributed by atoms with Gasteiger partial charge in [-0.05, 0) is 37.3 Å². The van der Waals surface area contributed by atoms with E-state index in [9.17, 15) is 9.90 Å². The van der Waals surface area contributed by atoms with E-state index in [0.717, 1.165) is 0 Å². The Bertz CT molecular complexity index is 704. The number of halogens is 1. The largest absolute Gasteiger partial charge is 0.391 e. The van der Waals surface area contributed by atoms with Gasteiger partial charge in [0.25, 0.3) is 6.04 Å². The average molecular weight is 350 g/mol. The van der Waals surface area contributed by atoms with Gasteiger partial charge in [0.1, 0.15) is 0 Å². The highest BCUT2D eigenvalue weighted by molar-refractivity contribution is 7.80. The summed E-state index contributed by atoms with van der Waals surface area (Å²) in [5.41, 5.74) is 1.24. The number of nitrogens with one attached hydrogen (secondary N) is 1. The lowest BCUT2D eigenvalue weighted by Gasteiger charge is -2.14. The molecule has 23 heavy (non-hydrogen) atoms. The lowest BCUT2D eigenvalue weighted by Crippen LogP contribution is -2.51. The Hall–Kier alpha value is -1.82. The number of likely N-dealkylation sites (N-methyl/N-ethyl adjacent to an activating group) is 1. The summed E-state index contributed by atoms with van der Waals surface area (Å²) >= 11 is 11.3. The minimum Gasteiger partial charge on any atom is -0.391 e.